The summed E-state index contributed by atoms with van der Waals surface area (Å²) in [4.78, 5) is 22.8. The van der Waals surface area contributed by atoms with Crippen molar-refractivity contribution >= 4 is 53.0 Å². The Kier molecular flexibility index (Phi) is 6.55. The van der Waals surface area contributed by atoms with Crippen LogP contribution in [-0.2, 0) is 4.79 Å². The monoisotopic (exact) mass is 502 g/mol. The second kappa shape index (κ2) is 9.53. The average Bonchev–Trinajstić information content (AvgIpc) is 3.44. The molecular formula is C22H12Cl2N2O6S. The van der Waals surface area contributed by atoms with Crippen molar-refractivity contribution in [2.75, 3.05) is 0 Å². The molecule has 0 aliphatic carbocycles. The summed E-state index contributed by atoms with van der Waals surface area (Å²) in [5.41, 5.74) is 1.04. The summed E-state index contributed by atoms with van der Waals surface area (Å²) in [7, 11) is 0. The van der Waals surface area contributed by atoms with E-state index < -0.39 is 11.9 Å². The molecule has 0 atom stereocenters. The second-order valence-electron chi connectivity index (χ2n) is 6.50. The number of benzene rings is 2. The Balaban J connectivity index is 1.58. The van der Waals surface area contributed by atoms with Gasteiger partial charge in [-0.15, -0.1) is 10.2 Å². The summed E-state index contributed by atoms with van der Waals surface area (Å²) in [5.74, 6) is -1.63. The highest BCUT2D eigenvalue weighted by Crippen LogP contribution is 2.33. The van der Waals surface area contributed by atoms with Crippen LogP contribution in [-0.4, -0.2) is 32.3 Å². The van der Waals surface area contributed by atoms with Gasteiger partial charge in [-0.25, -0.2) is 9.59 Å². The number of carboxylic acid groups (broad SMARTS) is 2. The molecule has 4 rings (SSSR count). The predicted molar refractivity (Wildman–Crippen MR) is 122 cm³/mol. The Morgan fingerprint density at radius 2 is 1.70 bits per heavy atom. The van der Waals surface area contributed by atoms with Gasteiger partial charge in [0, 0.05) is 22.2 Å². The molecule has 4 aromatic rings. The maximum atomic E-state index is 11.8. The van der Waals surface area contributed by atoms with E-state index in [2.05, 4.69) is 10.2 Å². The average molecular weight is 503 g/mol. The lowest BCUT2D eigenvalue weighted by Crippen LogP contribution is -1.96. The van der Waals surface area contributed by atoms with Crippen LogP contribution in [0.5, 0.6) is 0 Å². The van der Waals surface area contributed by atoms with E-state index in [9.17, 15) is 19.8 Å². The minimum Gasteiger partial charge on any atom is -0.478 e. The van der Waals surface area contributed by atoms with Crippen LogP contribution >= 0.6 is 35.0 Å². The number of hydrogen-bond donors (Lipinski definition) is 2. The molecule has 2 aromatic carbocycles. The number of furan rings is 1. The summed E-state index contributed by atoms with van der Waals surface area (Å²) in [6.45, 7) is 0. The number of carbonyl (C=O) groups is 2. The molecule has 11 heteroatoms. The van der Waals surface area contributed by atoms with Crippen molar-refractivity contribution < 1.29 is 28.6 Å². The van der Waals surface area contributed by atoms with Gasteiger partial charge in [0.15, 0.2) is 0 Å². The van der Waals surface area contributed by atoms with E-state index in [-0.39, 0.29) is 33.1 Å². The number of aliphatic carboxylic acids is 1. The van der Waals surface area contributed by atoms with E-state index in [4.69, 9.17) is 32.0 Å². The number of rotatable bonds is 7. The smallest absolute Gasteiger partial charge is 0.342 e. The van der Waals surface area contributed by atoms with Gasteiger partial charge in [-0.1, -0.05) is 23.2 Å². The van der Waals surface area contributed by atoms with Crippen LogP contribution in [0.25, 0.3) is 28.9 Å². The Hall–Kier alpha value is -3.53. The second-order valence-corrected chi connectivity index (χ2v) is 8.33. The maximum absolute atomic E-state index is 11.8. The number of carboxylic acids is 2. The van der Waals surface area contributed by atoms with Crippen molar-refractivity contribution in [3.8, 4) is 22.8 Å². The highest BCUT2D eigenvalue weighted by Gasteiger charge is 2.18. The van der Waals surface area contributed by atoms with E-state index in [1.54, 1.807) is 30.3 Å². The Bertz CT molecular complexity index is 1380. The van der Waals surface area contributed by atoms with Crippen molar-refractivity contribution in [1.82, 2.24) is 10.2 Å². The summed E-state index contributed by atoms with van der Waals surface area (Å²) >= 11 is 12.8. The standard InChI is InChI=1S/C22H12Cl2N2O6S/c23-13-4-1-11(2-5-13)19-25-26-22(32-19)33-18(21(29)30)10-14-6-8-17(31-14)15-9-12(20(27)28)3-7-16(15)24/h1-10H,(H,27,28)(H,29,30)/b18-10-. The van der Waals surface area contributed by atoms with E-state index in [0.717, 1.165) is 11.8 Å². The molecule has 0 saturated heterocycles. The van der Waals surface area contributed by atoms with Gasteiger partial charge in [-0.2, -0.15) is 0 Å². The molecule has 33 heavy (non-hydrogen) atoms. The minimum atomic E-state index is -1.23. The fourth-order valence-corrected chi connectivity index (χ4v) is 3.73. The Morgan fingerprint density at radius 1 is 0.939 bits per heavy atom. The van der Waals surface area contributed by atoms with Gasteiger partial charge < -0.3 is 19.0 Å². The van der Waals surface area contributed by atoms with E-state index >= 15 is 0 Å². The van der Waals surface area contributed by atoms with E-state index in [1.807, 2.05) is 0 Å². The van der Waals surface area contributed by atoms with Gasteiger partial charge in [-0.3, -0.25) is 0 Å². The molecule has 166 valence electrons. The van der Waals surface area contributed by atoms with Gasteiger partial charge in [0.05, 0.1) is 10.6 Å². The Labute approximate surface area is 200 Å². The molecule has 0 bridgehead atoms. The van der Waals surface area contributed by atoms with Crippen molar-refractivity contribution in [3.63, 3.8) is 0 Å². The first-order chi connectivity index (χ1) is 15.8. The van der Waals surface area contributed by atoms with Gasteiger partial charge in [0.1, 0.15) is 16.4 Å². The van der Waals surface area contributed by atoms with Crippen molar-refractivity contribution in [2.24, 2.45) is 0 Å². The molecule has 0 radical (unpaired) electrons. The van der Waals surface area contributed by atoms with Crippen LogP contribution in [0.1, 0.15) is 16.1 Å². The highest BCUT2D eigenvalue weighted by atomic mass is 35.5. The maximum Gasteiger partial charge on any atom is 0.342 e. The number of nitrogens with zero attached hydrogens (tertiary/aromatic N) is 2. The van der Waals surface area contributed by atoms with Gasteiger partial charge in [-0.05, 0) is 66.4 Å². The third-order valence-corrected chi connectivity index (χ3v) is 5.72. The van der Waals surface area contributed by atoms with Crippen LogP contribution < -0.4 is 0 Å². The summed E-state index contributed by atoms with van der Waals surface area (Å²) in [6, 6.07) is 14.0. The molecule has 0 amide bonds. The van der Waals surface area contributed by atoms with Crippen LogP contribution in [0.15, 0.2) is 73.6 Å². The van der Waals surface area contributed by atoms with Crippen LogP contribution in [0, 0.1) is 0 Å². The van der Waals surface area contributed by atoms with Crippen LogP contribution in [0.4, 0.5) is 0 Å². The fourth-order valence-electron chi connectivity index (χ4n) is 2.74. The van der Waals surface area contributed by atoms with E-state index in [1.165, 1.54) is 30.3 Å². The van der Waals surface area contributed by atoms with Crippen molar-refractivity contribution in [2.45, 2.75) is 5.22 Å². The predicted octanol–water partition coefficient (Wildman–Crippen LogP) is 6.22. The number of aromatic carboxylic acids is 1. The summed E-state index contributed by atoms with van der Waals surface area (Å²) in [5, 5.41) is 27.4. The first-order valence-electron chi connectivity index (χ1n) is 9.15. The zero-order chi connectivity index (χ0) is 23.5. The molecule has 0 spiro atoms. The van der Waals surface area contributed by atoms with Gasteiger partial charge >= 0.3 is 11.9 Å². The third kappa shape index (κ3) is 5.28. The molecule has 0 saturated carbocycles. The zero-order valence-electron chi connectivity index (χ0n) is 16.4. The third-order valence-electron chi connectivity index (χ3n) is 4.28. The van der Waals surface area contributed by atoms with Gasteiger partial charge in [0.25, 0.3) is 5.22 Å². The fraction of sp³-hybridized carbons (Fsp3) is 0. The molecule has 8 nitrogen and oxygen atoms in total. The number of thioether (sulfide) groups is 1. The lowest BCUT2D eigenvalue weighted by atomic mass is 10.1. The topological polar surface area (TPSA) is 127 Å². The summed E-state index contributed by atoms with van der Waals surface area (Å²) < 4.78 is 11.2. The highest BCUT2D eigenvalue weighted by molar-refractivity contribution is 8.03. The molecule has 0 unspecified atom stereocenters. The van der Waals surface area contributed by atoms with Crippen molar-refractivity contribution in [1.29, 1.82) is 0 Å². The first-order valence-corrected chi connectivity index (χ1v) is 10.7. The van der Waals surface area contributed by atoms with Crippen molar-refractivity contribution in [3.05, 3.63) is 80.9 Å². The molecule has 0 fully saturated rings. The molecule has 0 aliphatic rings. The molecule has 0 aliphatic heterocycles. The Morgan fingerprint density at radius 3 is 2.39 bits per heavy atom. The lowest BCUT2D eigenvalue weighted by molar-refractivity contribution is -0.131. The molecule has 2 heterocycles. The number of halogens is 2. The molecule has 2 aromatic heterocycles. The SMILES string of the molecule is O=C(O)/C(=C/c1ccc(-c2cc(C(=O)O)ccc2Cl)o1)Sc1nnc(-c2ccc(Cl)cc2)o1. The van der Waals surface area contributed by atoms with E-state index in [0.29, 0.717) is 21.2 Å². The number of hydrogen-bond acceptors (Lipinski definition) is 7. The molecule has 2 N–H and O–H groups in total. The normalized spacial score (nSPS) is 11.5. The minimum absolute atomic E-state index is 0.0255. The summed E-state index contributed by atoms with van der Waals surface area (Å²) in [6.07, 6.45) is 1.29. The zero-order valence-corrected chi connectivity index (χ0v) is 18.7. The van der Waals surface area contributed by atoms with Gasteiger partial charge in [0.2, 0.25) is 5.89 Å². The first kappa shape index (κ1) is 22.7. The lowest BCUT2D eigenvalue weighted by Gasteiger charge is -2.02. The largest absolute Gasteiger partial charge is 0.478 e. The number of aromatic nitrogens is 2. The molecular weight excluding hydrogens is 491 g/mol. The quantitative estimate of drug-likeness (QED) is 0.223. The van der Waals surface area contributed by atoms with Crippen LogP contribution in [0.2, 0.25) is 10.0 Å². The van der Waals surface area contributed by atoms with Crippen LogP contribution in [0.3, 0.4) is 0 Å².